The van der Waals surface area contributed by atoms with Crippen LogP contribution < -0.4 is 9.47 Å². The van der Waals surface area contributed by atoms with Crippen molar-refractivity contribution in [3.05, 3.63) is 41.3 Å². The highest BCUT2D eigenvalue weighted by Crippen LogP contribution is 2.34. The second kappa shape index (κ2) is 9.87. The normalized spacial score (nSPS) is 17.5. The van der Waals surface area contributed by atoms with Crippen LogP contribution in [0.4, 0.5) is 0 Å². The summed E-state index contributed by atoms with van der Waals surface area (Å²) in [7, 11) is -1.78. The Morgan fingerprint density at radius 1 is 1.16 bits per heavy atom. The van der Waals surface area contributed by atoms with Crippen molar-refractivity contribution in [2.24, 2.45) is 0 Å². The van der Waals surface area contributed by atoms with Crippen LogP contribution in [-0.4, -0.2) is 75.3 Å². The molecular weight excluding hydrogens is 436 g/mol. The fourth-order valence-corrected chi connectivity index (χ4v) is 6.14. The lowest BCUT2D eigenvalue weighted by Crippen LogP contribution is -2.50. The maximum Gasteiger partial charge on any atom is 0.252 e. The van der Waals surface area contributed by atoms with Gasteiger partial charge in [-0.2, -0.15) is 4.31 Å². The first-order valence-corrected chi connectivity index (χ1v) is 12.7. The molecule has 172 valence electrons. The first kappa shape index (κ1) is 24.0. The number of nitrogens with zero attached hydrogens (tertiary/aromatic N) is 2. The monoisotopic (exact) mass is 468 g/mol. The van der Waals surface area contributed by atoms with Gasteiger partial charge in [0.2, 0.25) is 0 Å². The fraction of sp³-hybridized carbons (Fsp3) is 0.545. The molecule has 7 nitrogen and oxygen atoms in total. The minimum Gasteiger partial charge on any atom is -0.497 e. The van der Waals surface area contributed by atoms with Crippen LogP contribution in [0.1, 0.15) is 26.3 Å². The third-order valence-corrected chi connectivity index (χ3v) is 8.59. The van der Waals surface area contributed by atoms with Crippen molar-refractivity contribution in [2.75, 3.05) is 46.4 Å². The molecule has 1 atom stereocenters. The van der Waals surface area contributed by atoms with Crippen LogP contribution in [0, 0.1) is 0 Å². The van der Waals surface area contributed by atoms with Gasteiger partial charge in [0.25, 0.3) is 10.0 Å². The predicted molar refractivity (Wildman–Crippen MR) is 123 cm³/mol. The third-order valence-electron chi connectivity index (χ3n) is 5.32. The number of benzene rings is 1. The highest BCUT2D eigenvalue weighted by Gasteiger charge is 2.30. The Labute approximate surface area is 189 Å². The molecule has 2 aromatic rings. The van der Waals surface area contributed by atoms with Crippen molar-refractivity contribution in [3.8, 4) is 11.5 Å². The van der Waals surface area contributed by atoms with E-state index in [1.54, 1.807) is 24.6 Å². The van der Waals surface area contributed by atoms with Crippen molar-refractivity contribution in [3.63, 3.8) is 0 Å². The van der Waals surface area contributed by atoms with Crippen molar-refractivity contribution >= 4 is 21.4 Å². The molecule has 1 fully saturated rings. The van der Waals surface area contributed by atoms with Gasteiger partial charge in [0.05, 0.1) is 7.11 Å². The number of ether oxygens (including phenoxy) is 2. The van der Waals surface area contributed by atoms with E-state index in [4.69, 9.17) is 9.47 Å². The van der Waals surface area contributed by atoms with Gasteiger partial charge in [-0.3, -0.25) is 4.90 Å². The lowest BCUT2D eigenvalue weighted by atomic mass is 9.86. The maximum atomic E-state index is 12.6. The predicted octanol–water partition coefficient (Wildman–Crippen LogP) is 2.80. The smallest absolute Gasteiger partial charge is 0.252 e. The summed E-state index contributed by atoms with van der Waals surface area (Å²) in [4.78, 5) is 2.08. The van der Waals surface area contributed by atoms with E-state index in [2.05, 4.69) is 25.7 Å². The van der Waals surface area contributed by atoms with Crippen LogP contribution in [-0.2, 0) is 15.4 Å². The van der Waals surface area contributed by atoms with Gasteiger partial charge in [-0.15, -0.1) is 11.3 Å². The van der Waals surface area contributed by atoms with Crippen LogP contribution in [0.2, 0.25) is 0 Å². The minimum absolute atomic E-state index is 0.126. The Morgan fingerprint density at radius 2 is 1.87 bits per heavy atom. The summed E-state index contributed by atoms with van der Waals surface area (Å²) in [5.74, 6) is 1.51. The van der Waals surface area contributed by atoms with Gasteiger partial charge < -0.3 is 14.6 Å². The Bertz CT molecular complexity index is 947. The third kappa shape index (κ3) is 5.98. The molecule has 0 spiro atoms. The lowest BCUT2D eigenvalue weighted by Gasteiger charge is -2.34. The number of hydrogen-bond donors (Lipinski definition) is 1. The molecule has 0 amide bonds. The number of hydrogen-bond acceptors (Lipinski definition) is 7. The van der Waals surface area contributed by atoms with Crippen molar-refractivity contribution < 1.29 is 23.0 Å². The second-order valence-corrected chi connectivity index (χ2v) is 11.8. The topological polar surface area (TPSA) is 79.3 Å². The zero-order valence-corrected chi connectivity index (χ0v) is 20.2. The first-order valence-electron chi connectivity index (χ1n) is 10.4. The van der Waals surface area contributed by atoms with Crippen molar-refractivity contribution in [2.45, 2.75) is 36.5 Å². The Hall–Kier alpha value is -1.65. The van der Waals surface area contributed by atoms with Crippen LogP contribution in [0.3, 0.4) is 0 Å². The van der Waals surface area contributed by atoms with E-state index in [9.17, 15) is 13.5 Å². The molecule has 1 aliphatic heterocycles. The molecule has 9 heteroatoms. The largest absolute Gasteiger partial charge is 0.497 e. The van der Waals surface area contributed by atoms with Gasteiger partial charge in [-0.1, -0.05) is 26.8 Å². The fourth-order valence-electron chi connectivity index (χ4n) is 3.57. The van der Waals surface area contributed by atoms with E-state index in [1.807, 2.05) is 18.2 Å². The molecule has 1 saturated heterocycles. The van der Waals surface area contributed by atoms with E-state index < -0.39 is 16.1 Å². The van der Waals surface area contributed by atoms with E-state index in [0.717, 1.165) is 17.1 Å². The summed E-state index contributed by atoms with van der Waals surface area (Å²) in [5.41, 5.74) is 0.894. The standard InChI is InChI=1S/C22H32N2O5S2/c1-22(2,3)19-14-18(28-4)7-8-20(19)29-16-17(25)15-23-9-11-24(12-10-23)31(26,27)21-6-5-13-30-21/h5-8,13-14,17,25H,9-12,15-16H2,1-4H3/t17-/m0/s1. The molecule has 1 aromatic heterocycles. The minimum atomic E-state index is -3.41. The van der Waals surface area contributed by atoms with E-state index in [0.29, 0.717) is 36.9 Å². The molecule has 31 heavy (non-hydrogen) atoms. The van der Waals surface area contributed by atoms with Gasteiger partial charge >= 0.3 is 0 Å². The van der Waals surface area contributed by atoms with Crippen molar-refractivity contribution in [1.82, 2.24) is 9.21 Å². The van der Waals surface area contributed by atoms with Gasteiger partial charge in [-0.05, 0) is 35.1 Å². The highest BCUT2D eigenvalue weighted by atomic mass is 32.2. The molecule has 0 saturated carbocycles. The summed E-state index contributed by atoms with van der Waals surface area (Å²) in [5, 5.41) is 12.3. The van der Waals surface area contributed by atoms with E-state index in [-0.39, 0.29) is 12.0 Å². The summed E-state index contributed by atoms with van der Waals surface area (Å²) in [6.45, 7) is 8.92. The molecule has 1 aliphatic rings. The van der Waals surface area contributed by atoms with E-state index >= 15 is 0 Å². The van der Waals surface area contributed by atoms with Gasteiger partial charge in [0, 0.05) is 38.3 Å². The number of thiophene rings is 1. The van der Waals surface area contributed by atoms with Crippen LogP contribution >= 0.6 is 11.3 Å². The number of aliphatic hydroxyl groups excluding tert-OH is 1. The average molecular weight is 469 g/mol. The van der Waals surface area contributed by atoms with Crippen LogP contribution in [0.25, 0.3) is 0 Å². The van der Waals surface area contributed by atoms with Crippen LogP contribution in [0.5, 0.6) is 11.5 Å². The molecule has 1 aromatic carbocycles. The summed E-state index contributed by atoms with van der Waals surface area (Å²) < 4.78 is 38.4. The molecule has 0 aliphatic carbocycles. The number of sulfonamides is 1. The molecule has 0 radical (unpaired) electrons. The maximum absolute atomic E-state index is 12.6. The summed E-state index contributed by atoms with van der Waals surface area (Å²) in [6.07, 6.45) is -0.671. The van der Waals surface area contributed by atoms with Crippen molar-refractivity contribution in [1.29, 1.82) is 0 Å². The number of methoxy groups -OCH3 is 1. The number of β-amino-alcohol motifs (C(OH)–C–C–N with tert-alkyl or cyclic N) is 1. The van der Waals surface area contributed by atoms with E-state index in [1.165, 1.54) is 15.6 Å². The molecule has 3 rings (SSSR count). The summed E-state index contributed by atoms with van der Waals surface area (Å²) >= 11 is 1.24. The zero-order chi connectivity index (χ0) is 22.6. The molecule has 0 bridgehead atoms. The van der Waals surface area contributed by atoms with Gasteiger partial charge in [0.15, 0.2) is 0 Å². The summed E-state index contributed by atoms with van der Waals surface area (Å²) in [6, 6.07) is 9.08. The molecule has 0 unspecified atom stereocenters. The Kier molecular flexibility index (Phi) is 7.64. The second-order valence-electron chi connectivity index (χ2n) is 8.71. The Balaban J connectivity index is 1.52. The van der Waals surface area contributed by atoms with Crippen LogP contribution in [0.15, 0.2) is 39.9 Å². The lowest BCUT2D eigenvalue weighted by molar-refractivity contribution is 0.0563. The number of rotatable bonds is 8. The molecule has 2 heterocycles. The zero-order valence-electron chi connectivity index (χ0n) is 18.6. The average Bonchev–Trinajstić information content (AvgIpc) is 3.28. The Morgan fingerprint density at radius 3 is 2.45 bits per heavy atom. The number of aliphatic hydroxyl groups is 1. The SMILES string of the molecule is COc1ccc(OC[C@@H](O)CN2CCN(S(=O)(=O)c3cccs3)CC2)c(C(C)(C)C)c1. The number of piperazine rings is 1. The van der Waals surface area contributed by atoms with Gasteiger partial charge in [0.1, 0.15) is 28.4 Å². The molecular formula is C22H32N2O5S2. The molecule has 1 N–H and O–H groups in total. The van der Waals surface area contributed by atoms with Gasteiger partial charge in [-0.25, -0.2) is 8.42 Å². The first-order chi connectivity index (χ1) is 14.6. The quantitative estimate of drug-likeness (QED) is 0.642. The highest BCUT2D eigenvalue weighted by molar-refractivity contribution is 7.91.